The van der Waals surface area contributed by atoms with Gasteiger partial charge < -0.3 is 0 Å². The predicted octanol–water partition coefficient (Wildman–Crippen LogP) is 4.51. The van der Waals surface area contributed by atoms with Gasteiger partial charge in [0.1, 0.15) is 11.6 Å². The summed E-state index contributed by atoms with van der Waals surface area (Å²) in [4.78, 5) is 12.0. The van der Waals surface area contributed by atoms with Crippen LogP contribution in [0, 0.1) is 17.6 Å². The molecule has 1 aliphatic carbocycles. The normalized spacial score (nSPS) is 17.4. The van der Waals surface area contributed by atoms with Gasteiger partial charge in [-0.1, -0.05) is 44.6 Å². The highest BCUT2D eigenvalue weighted by Crippen LogP contribution is 2.27. The summed E-state index contributed by atoms with van der Waals surface area (Å²) in [6.45, 7) is 0. The minimum atomic E-state index is -0.742. The van der Waals surface area contributed by atoms with Gasteiger partial charge in [-0.2, -0.15) is 0 Å². The quantitative estimate of drug-likeness (QED) is 0.571. The zero-order chi connectivity index (χ0) is 13.0. The summed E-state index contributed by atoms with van der Waals surface area (Å²) in [5, 5.41) is 0. The third-order valence-electron chi connectivity index (χ3n) is 3.69. The van der Waals surface area contributed by atoms with Gasteiger partial charge in [-0.3, -0.25) is 4.79 Å². The summed E-state index contributed by atoms with van der Waals surface area (Å²) < 4.78 is 26.9. The van der Waals surface area contributed by atoms with Crippen LogP contribution in [0.3, 0.4) is 0 Å². The molecule has 0 heterocycles. The van der Waals surface area contributed by atoms with Crippen molar-refractivity contribution in [2.75, 3.05) is 0 Å². The third kappa shape index (κ3) is 3.15. The topological polar surface area (TPSA) is 17.1 Å². The summed E-state index contributed by atoms with van der Waals surface area (Å²) in [6, 6.07) is 3.57. The fraction of sp³-hybridized carbons (Fsp3) is 0.533. The van der Waals surface area contributed by atoms with E-state index in [0.29, 0.717) is 5.92 Å². The van der Waals surface area contributed by atoms with Crippen LogP contribution < -0.4 is 0 Å². The molecule has 98 valence electrons. The molecule has 0 radical (unpaired) electrons. The van der Waals surface area contributed by atoms with Gasteiger partial charge in [0.05, 0.1) is 5.56 Å². The lowest BCUT2D eigenvalue weighted by Gasteiger charge is -2.13. The first-order valence-electron chi connectivity index (χ1n) is 6.65. The van der Waals surface area contributed by atoms with Crippen molar-refractivity contribution >= 4 is 5.78 Å². The van der Waals surface area contributed by atoms with E-state index in [1.165, 1.54) is 18.9 Å². The maximum Gasteiger partial charge on any atom is 0.169 e. The van der Waals surface area contributed by atoms with Crippen LogP contribution in [0.5, 0.6) is 0 Å². The molecular formula is C15H18F2O. The summed E-state index contributed by atoms with van der Waals surface area (Å²) in [7, 11) is 0. The van der Waals surface area contributed by atoms with Gasteiger partial charge in [0.25, 0.3) is 0 Å². The minimum absolute atomic E-state index is 0.276. The molecule has 2 rings (SSSR count). The first kappa shape index (κ1) is 13.2. The smallest absolute Gasteiger partial charge is 0.169 e. The molecule has 1 saturated carbocycles. The lowest BCUT2D eigenvalue weighted by atomic mass is 9.92. The van der Waals surface area contributed by atoms with E-state index in [-0.39, 0.29) is 12.0 Å². The monoisotopic (exact) mass is 252 g/mol. The Balaban J connectivity index is 2.07. The molecule has 1 aromatic rings. The van der Waals surface area contributed by atoms with Crippen molar-refractivity contribution in [3.8, 4) is 0 Å². The molecule has 1 aromatic carbocycles. The van der Waals surface area contributed by atoms with Crippen LogP contribution in [-0.2, 0) is 0 Å². The van der Waals surface area contributed by atoms with Crippen molar-refractivity contribution in [3.63, 3.8) is 0 Å². The number of benzene rings is 1. The third-order valence-corrected chi connectivity index (χ3v) is 3.69. The Labute approximate surface area is 106 Å². The highest BCUT2D eigenvalue weighted by atomic mass is 19.1. The van der Waals surface area contributed by atoms with E-state index < -0.39 is 17.4 Å². The minimum Gasteiger partial charge on any atom is -0.294 e. The Bertz CT molecular complexity index is 400. The Morgan fingerprint density at radius 3 is 2.17 bits per heavy atom. The van der Waals surface area contributed by atoms with Crippen LogP contribution in [0.1, 0.15) is 55.3 Å². The number of Topliss-reactive ketones (excluding diaryl/α,β-unsaturated/α-hetero) is 1. The molecule has 1 fully saturated rings. The summed E-state index contributed by atoms with van der Waals surface area (Å²) in [5.41, 5.74) is -0.359. The molecule has 0 aromatic heterocycles. The Kier molecular flexibility index (Phi) is 4.45. The first-order chi connectivity index (χ1) is 8.68. The maximum absolute atomic E-state index is 13.5. The van der Waals surface area contributed by atoms with E-state index in [1.807, 2.05) is 0 Å². The average Bonchev–Trinajstić information content (AvgIpc) is 2.57. The van der Waals surface area contributed by atoms with Crippen molar-refractivity contribution in [3.05, 3.63) is 35.4 Å². The molecule has 0 bridgehead atoms. The van der Waals surface area contributed by atoms with Crippen LogP contribution in [-0.4, -0.2) is 5.78 Å². The summed E-state index contributed by atoms with van der Waals surface area (Å²) in [6.07, 6.45) is 6.94. The van der Waals surface area contributed by atoms with Crippen molar-refractivity contribution in [2.45, 2.75) is 44.9 Å². The highest BCUT2D eigenvalue weighted by molar-refractivity contribution is 5.96. The van der Waals surface area contributed by atoms with Gasteiger partial charge in [0, 0.05) is 6.42 Å². The Morgan fingerprint density at radius 2 is 1.61 bits per heavy atom. The van der Waals surface area contributed by atoms with Crippen molar-refractivity contribution in [2.24, 2.45) is 5.92 Å². The number of hydrogen-bond acceptors (Lipinski definition) is 1. The fourth-order valence-electron chi connectivity index (χ4n) is 2.70. The lowest BCUT2D eigenvalue weighted by molar-refractivity contribution is 0.0948. The van der Waals surface area contributed by atoms with E-state index in [1.54, 1.807) is 0 Å². The van der Waals surface area contributed by atoms with Gasteiger partial charge in [0.15, 0.2) is 5.78 Å². The number of halogens is 2. The molecule has 0 amide bonds. The standard InChI is InChI=1S/C15H18F2O/c16-12-8-5-9-13(17)15(12)14(18)10-11-6-3-1-2-4-7-11/h5,8-9,11H,1-4,6-7,10H2. The molecule has 3 heteroatoms. The number of carbonyl (C=O) groups excluding carboxylic acids is 1. The Morgan fingerprint density at radius 1 is 1.06 bits per heavy atom. The van der Waals surface area contributed by atoms with E-state index in [2.05, 4.69) is 0 Å². The summed E-state index contributed by atoms with van der Waals surface area (Å²) in [5.74, 6) is -1.58. The van der Waals surface area contributed by atoms with Crippen LogP contribution in [0.15, 0.2) is 18.2 Å². The molecule has 18 heavy (non-hydrogen) atoms. The molecule has 0 aliphatic heterocycles. The molecule has 0 atom stereocenters. The van der Waals surface area contributed by atoms with E-state index in [0.717, 1.165) is 37.8 Å². The maximum atomic E-state index is 13.5. The van der Waals surface area contributed by atoms with E-state index in [9.17, 15) is 13.6 Å². The number of ketones is 1. The zero-order valence-electron chi connectivity index (χ0n) is 10.4. The van der Waals surface area contributed by atoms with Crippen molar-refractivity contribution in [1.82, 2.24) is 0 Å². The van der Waals surface area contributed by atoms with E-state index in [4.69, 9.17) is 0 Å². The van der Waals surface area contributed by atoms with Gasteiger partial charge in [-0.15, -0.1) is 0 Å². The predicted molar refractivity (Wildman–Crippen MR) is 66.5 cm³/mol. The van der Waals surface area contributed by atoms with Gasteiger partial charge >= 0.3 is 0 Å². The molecule has 0 unspecified atom stereocenters. The highest BCUT2D eigenvalue weighted by Gasteiger charge is 2.21. The number of hydrogen-bond donors (Lipinski definition) is 0. The van der Waals surface area contributed by atoms with Crippen LogP contribution >= 0.6 is 0 Å². The summed E-state index contributed by atoms with van der Waals surface area (Å²) >= 11 is 0. The molecule has 0 spiro atoms. The van der Waals surface area contributed by atoms with Crippen LogP contribution in [0.2, 0.25) is 0 Å². The van der Waals surface area contributed by atoms with E-state index >= 15 is 0 Å². The average molecular weight is 252 g/mol. The van der Waals surface area contributed by atoms with Crippen molar-refractivity contribution in [1.29, 1.82) is 0 Å². The molecular weight excluding hydrogens is 234 g/mol. The van der Waals surface area contributed by atoms with Crippen molar-refractivity contribution < 1.29 is 13.6 Å². The zero-order valence-corrected chi connectivity index (χ0v) is 10.4. The lowest BCUT2D eigenvalue weighted by Crippen LogP contribution is -2.11. The second-order valence-corrected chi connectivity index (χ2v) is 5.08. The largest absolute Gasteiger partial charge is 0.294 e. The van der Waals surface area contributed by atoms with Gasteiger partial charge in [0.2, 0.25) is 0 Å². The first-order valence-corrected chi connectivity index (χ1v) is 6.65. The molecule has 0 N–H and O–H groups in total. The van der Waals surface area contributed by atoms with Crippen LogP contribution in [0.25, 0.3) is 0 Å². The number of rotatable bonds is 3. The second kappa shape index (κ2) is 6.07. The number of carbonyl (C=O) groups is 1. The van der Waals surface area contributed by atoms with Gasteiger partial charge in [-0.05, 0) is 18.1 Å². The SMILES string of the molecule is O=C(CC1CCCCCC1)c1c(F)cccc1F. The van der Waals surface area contributed by atoms with Gasteiger partial charge in [-0.25, -0.2) is 8.78 Å². The molecule has 1 nitrogen and oxygen atoms in total. The fourth-order valence-corrected chi connectivity index (χ4v) is 2.70. The molecule has 1 aliphatic rings. The molecule has 0 saturated heterocycles. The Hall–Kier alpha value is -1.25. The second-order valence-electron chi connectivity index (χ2n) is 5.08. The van der Waals surface area contributed by atoms with Crippen LogP contribution in [0.4, 0.5) is 8.78 Å².